The Labute approximate surface area is 172 Å². The van der Waals surface area contributed by atoms with E-state index in [2.05, 4.69) is 6.58 Å². The van der Waals surface area contributed by atoms with Gasteiger partial charge in [-0.2, -0.15) is 13.2 Å². The molecule has 1 aliphatic carbocycles. The fraction of sp³-hybridized carbons (Fsp3) is 0.348. The quantitative estimate of drug-likeness (QED) is 0.365. The van der Waals surface area contributed by atoms with Crippen LogP contribution in [0.1, 0.15) is 37.3 Å². The first-order valence-corrected chi connectivity index (χ1v) is 9.61. The first-order valence-electron chi connectivity index (χ1n) is 9.61. The van der Waals surface area contributed by atoms with E-state index < -0.39 is 11.8 Å². The van der Waals surface area contributed by atoms with Gasteiger partial charge >= 0.3 is 12.1 Å². The van der Waals surface area contributed by atoms with Crippen molar-refractivity contribution >= 4 is 5.97 Å². The molecule has 0 amide bonds. The van der Waals surface area contributed by atoms with E-state index in [4.69, 9.17) is 9.47 Å². The van der Waals surface area contributed by atoms with Crippen LogP contribution in [0.4, 0.5) is 13.2 Å². The maximum Gasteiger partial charge on any atom is 0.425 e. The number of aliphatic hydroxyl groups is 1. The Morgan fingerprint density at radius 1 is 1.10 bits per heavy atom. The molecule has 0 heterocycles. The summed E-state index contributed by atoms with van der Waals surface area (Å²) in [5, 5.41) is 10.7. The van der Waals surface area contributed by atoms with Gasteiger partial charge in [0.05, 0.1) is 6.61 Å². The summed E-state index contributed by atoms with van der Waals surface area (Å²) in [6.07, 6.45) is -3.60. The Hall–Kier alpha value is -2.80. The van der Waals surface area contributed by atoms with Gasteiger partial charge in [-0.3, -0.25) is 4.79 Å². The molecule has 0 aliphatic heterocycles. The van der Waals surface area contributed by atoms with Crippen molar-refractivity contribution in [1.82, 2.24) is 0 Å². The fourth-order valence-corrected chi connectivity index (χ4v) is 3.47. The molecule has 0 saturated carbocycles. The molecular formula is C23H23F3O4. The number of hydrogen-bond acceptors (Lipinski definition) is 4. The molecule has 0 aromatic heterocycles. The molecule has 160 valence electrons. The van der Waals surface area contributed by atoms with Crippen LogP contribution >= 0.6 is 0 Å². The summed E-state index contributed by atoms with van der Waals surface area (Å²) in [7, 11) is 0. The van der Waals surface area contributed by atoms with Gasteiger partial charge in [0.1, 0.15) is 12.4 Å². The molecule has 0 bridgehead atoms. The molecule has 0 fully saturated rings. The number of esters is 1. The van der Waals surface area contributed by atoms with E-state index in [9.17, 15) is 23.1 Å². The highest BCUT2D eigenvalue weighted by atomic mass is 19.4. The standard InChI is InChI=1S/C23H23F3O4/c1-15(2)14-30-21(27)9-5-6-12-29-16-10-11-18-17-7-3-4-8-19(17)22(28,20(18)13-16)23(24,25)26/h3-4,7-8,10-11,13,28H,1,5-6,9,12,14H2,2H3. The van der Waals surface area contributed by atoms with Crippen LogP contribution in [0.5, 0.6) is 5.75 Å². The zero-order valence-corrected chi connectivity index (χ0v) is 16.6. The monoisotopic (exact) mass is 420 g/mol. The Kier molecular flexibility index (Phi) is 6.22. The van der Waals surface area contributed by atoms with Crippen molar-refractivity contribution in [2.45, 2.75) is 38.0 Å². The maximum atomic E-state index is 13.8. The lowest BCUT2D eigenvalue weighted by Gasteiger charge is -2.28. The minimum absolute atomic E-state index is 0.182. The Bertz CT molecular complexity index is 952. The molecular weight excluding hydrogens is 397 g/mol. The van der Waals surface area contributed by atoms with Crippen molar-refractivity contribution in [2.24, 2.45) is 0 Å². The maximum absolute atomic E-state index is 13.8. The van der Waals surface area contributed by atoms with Crippen LogP contribution in [-0.4, -0.2) is 30.5 Å². The molecule has 3 rings (SSSR count). The smallest absolute Gasteiger partial charge is 0.425 e. The summed E-state index contributed by atoms with van der Waals surface area (Å²) in [6, 6.07) is 10.3. The molecule has 0 radical (unpaired) electrons. The number of halogens is 3. The van der Waals surface area contributed by atoms with Crippen LogP contribution in [-0.2, 0) is 15.1 Å². The topological polar surface area (TPSA) is 55.8 Å². The van der Waals surface area contributed by atoms with Crippen LogP contribution in [0, 0.1) is 0 Å². The molecule has 1 aliphatic rings. The summed E-state index contributed by atoms with van der Waals surface area (Å²) in [4.78, 5) is 11.5. The summed E-state index contributed by atoms with van der Waals surface area (Å²) < 4.78 is 52.1. The molecule has 0 saturated heterocycles. The summed E-state index contributed by atoms with van der Waals surface area (Å²) >= 11 is 0. The third kappa shape index (κ3) is 4.21. The molecule has 0 spiro atoms. The van der Waals surface area contributed by atoms with Crippen LogP contribution in [0.3, 0.4) is 0 Å². The van der Waals surface area contributed by atoms with Crippen molar-refractivity contribution in [2.75, 3.05) is 13.2 Å². The number of ether oxygens (including phenoxy) is 2. The zero-order valence-electron chi connectivity index (χ0n) is 16.6. The molecule has 4 nitrogen and oxygen atoms in total. The molecule has 30 heavy (non-hydrogen) atoms. The van der Waals surface area contributed by atoms with E-state index in [1.165, 1.54) is 24.3 Å². The zero-order chi connectivity index (χ0) is 21.9. The van der Waals surface area contributed by atoms with Gasteiger partial charge in [-0.25, -0.2) is 0 Å². The summed E-state index contributed by atoms with van der Waals surface area (Å²) in [5.74, 6) is -0.0994. The molecule has 1 N–H and O–H groups in total. The van der Waals surface area contributed by atoms with E-state index in [0.717, 1.165) is 5.57 Å². The second-order valence-corrected chi connectivity index (χ2v) is 7.38. The van der Waals surface area contributed by atoms with Gasteiger partial charge in [-0.1, -0.05) is 36.9 Å². The molecule has 7 heteroatoms. The highest BCUT2D eigenvalue weighted by molar-refractivity contribution is 5.81. The average molecular weight is 420 g/mol. The van der Waals surface area contributed by atoms with E-state index in [1.54, 1.807) is 25.1 Å². The lowest BCUT2D eigenvalue weighted by atomic mass is 9.91. The fourth-order valence-electron chi connectivity index (χ4n) is 3.47. The van der Waals surface area contributed by atoms with E-state index in [1.807, 2.05) is 0 Å². The van der Waals surface area contributed by atoms with Gasteiger partial charge in [0.25, 0.3) is 0 Å². The van der Waals surface area contributed by atoms with Crippen molar-refractivity contribution in [3.63, 3.8) is 0 Å². The van der Waals surface area contributed by atoms with Crippen molar-refractivity contribution in [1.29, 1.82) is 0 Å². The highest BCUT2D eigenvalue weighted by Gasteiger charge is 2.60. The number of carbonyl (C=O) groups is 1. The Morgan fingerprint density at radius 2 is 1.80 bits per heavy atom. The van der Waals surface area contributed by atoms with Gasteiger partial charge in [0, 0.05) is 17.5 Å². The number of fused-ring (bicyclic) bond motifs is 3. The second kappa shape index (κ2) is 8.52. The number of unbranched alkanes of at least 4 members (excludes halogenated alkanes) is 1. The van der Waals surface area contributed by atoms with Crippen LogP contribution in [0.2, 0.25) is 0 Å². The third-order valence-corrected chi connectivity index (χ3v) is 4.92. The van der Waals surface area contributed by atoms with Crippen molar-refractivity contribution < 1.29 is 32.5 Å². The first kappa shape index (κ1) is 21.9. The van der Waals surface area contributed by atoms with Gasteiger partial charge in [-0.15, -0.1) is 0 Å². The number of alkyl halides is 3. The predicted molar refractivity (Wildman–Crippen MR) is 106 cm³/mol. The van der Waals surface area contributed by atoms with Crippen LogP contribution < -0.4 is 4.74 Å². The first-order chi connectivity index (χ1) is 14.1. The Balaban J connectivity index is 1.66. The van der Waals surface area contributed by atoms with E-state index in [0.29, 0.717) is 24.0 Å². The normalized spacial score (nSPS) is 17.2. The molecule has 1 unspecified atom stereocenters. The predicted octanol–water partition coefficient (Wildman–Crippen LogP) is 5.13. The highest BCUT2D eigenvalue weighted by Crippen LogP contribution is 2.55. The number of rotatable bonds is 8. The largest absolute Gasteiger partial charge is 0.494 e. The Morgan fingerprint density at radius 3 is 2.50 bits per heavy atom. The molecule has 2 aromatic rings. The van der Waals surface area contributed by atoms with E-state index in [-0.39, 0.29) is 42.5 Å². The van der Waals surface area contributed by atoms with Gasteiger partial charge in [0.2, 0.25) is 5.60 Å². The summed E-state index contributed by atoms with van der Waals surface area (Å²) in [6.45, 7) is 5.82. The van der Waals surface area contributed by atoms with Crippen molar-refractivity contribution in [3.05, 3.63) is 65.7 Å². The van der Waals surface area contributed by atoms with E-state index >= 15 is 0 Å². The third-order valence-electron chi connectivity index (χ3n) is 4.92. The minimum atomic E-state index is -4.88. The SMILES string of the molecule is C=C(C)COC(=O)CCCCOc1ccc2c(c1)C(O)(C(F)(F)F)c1ccccc1-2. The van der Waals surface area contributed by atoms with Gasteiger partial charge in [0.15, 0.2) is 0 Å². The molecule has 2 aromatic carbocycles. The number of benzene rings is 2. The second-order valence-electron chi connectivity index (χ2n) is 7.38. The summed E-state index contributed by atoms with van der Waals surface area (Å²) in [5.41, 5.74) is -2.06. The van der Waals surface area contributed by atoms with Gasteiger partial charge in [-0.05, 0) is 48.6 Å². The minimum Gasteiger partial charge on any atom is -0.494 e. The lowest BCUT2D eigenvalue weighted by molar-refractivity contribution is -0.246. The lowest BCUT2D eigenvalue weighted by Crippen LogP contribution is -2.41. The average Bonchev–Trinajstić information content (AvgIpc) is 2.96. The number of carbonyl (C=O) groups excluding carboxylic acids is 1. The molecule has 1 atom stereocenters. The number of hydrogen-bond donors (Lipinski definition) is 1. The van der Waals surface area contributed by atoms with Crippen LogP contribution in [0.25, 0.3) is 11.1 Å². The van der Waals surface area contributed by atoms with Crippen LogP contribution in [0.15, 0.2) is 54.6 Å². The van der Waals surface area contributed by atoms with Crippen molar-refractivity contribution in [3.8, 4) is 16.9 Å². The van der Waals surface area contributed by atoms with Gasteiger partial charge < -0.3 is 14.6 Å².